The summed E-state index contributed by atoms with van der Waals surface area (Å²) in [5.74, 6) is -0.953. The zero-order chi connectivity index (χ0) is 20.7. The third kappa shape index (κ3) is 3.25. The smallest absolute Gasteiger partial charge is 0.261 e. The summed E-state index contributed by atoms with van der Waals surface area (Å²) in [6.45, 7) is -0.250. The summed E-state index contributed by atoms with van der Waals surface area (Å²) in [6, 6.07) is 11.7. The summed E-state index contributed by atoms with van der Waals surface area (Å²) >= 11 is 1.29. The van der Waals surface area contributed by atoms with Crippen molar-refractivity contribution in [3.8, 4) is 11.3 Å². The average molecular weight is 419 g/mol. The van der Waals surface area contributed by atoms with Gasteiger partial charge in [-0.3, -0.25) is 14.2 Å². The number of amides is 1. The van der Waals surface area contributed by atoms with E-state index in [0.29, 0.717) is 10.6 Å². The molecule has 2 aromatic carbocycles. The molecular weight excluding hydrogens is 405 g/mol. The second-order valence-corrected chi connectivity index (χ2v) is 7.53. The van der Waals surface area contributed by atoms with Crippen LogP contribution in [-0.2, 0) is 11.3 Å². The lowest BCUT2D eigenvalue weighted by Crippen LogP contribution is -2.27. The molecule has 0 unspecified atom stereocenters. The normalized spacial score (nSPS) is 11.2. The Kier molecular flexibility index (Phi) is 4.36. The number of fused-ring (bicyclic) bond motifs is 2. The highest BCUT2D eigenvalue weighted by molar-refractivity contribution is 7.14. The number of halogens is 1. The number of carbonyl (C=O) groups is 1. The average Bonchev–Trinajstić information content (AvgIpc) is 3.37. The minimum atomic E-state index is -0.531. The predicted octanol–water partition coefficient (Wildman–Crippen LogP) is 3.78. The van der Waals surface area contributed by atoms with Crippen LogP contribution in [0.15, 0.2) is 65.2 Å². The minimum Gasteiger partial charge on any atom is -0.360 e. The van der Waals surface area contributed by atoms with Crippen molar-refractivity contribution in [1.29, 1.82) is 0 Å². The van der Waals surface area contributed by atoms with Gasteiger partial charge in [0.1, 0.15) is 12.4 Å². The molecule has 3 aromatic heterocycles. The van der Waals surface area contributed by atoms with Crippen LogP contribution in [0, 0.1) is 5.82 Å². The zero-order valence-corrected chi connectivity index (χ0v) is 16.2. The fourth-order valence-electron chi connectivity index (χ4n) is 3.30. The van der Waals surface area contributed by atoms with Gasteiger partial charge in [0.2, 0.25) is 5.91 Å². The molecule has 1 amide bonds. The highest BCUT2D eigenvalue weighted by Gasteiger charge is 2.13. The number of thiazole rings is 1. The first-order valence-corrected chi connectivity index (χ1v) is 9.93. The second kappa shape index (κ2) is 7.20. The van der Waals surface area contributed by atoms with E-state index in [2.05, 4.69) is 20.3 Å². The Bertz CT molecular complexity index is 1470. The molecule has 0 aliphatic carbocycles. The molecule has 9 heteroatoms. The molecule has 0 spiro atoms. The number of carbonyl (C=O) groups excluding carboxylic acids is 1. The van der Waals surface area contributed by atoms with E-state index in [-0.39, 0.29) is 11.9 Å². The van der Waals surface area contributed by atoms with Gasteiger partial charge in [0.25, 0.3) is 5.56 Å². The van der Waals surface area contributed by atoms with Gasteiger partial charge in [-0.25, -0.2) is 14.4 Å². The Hall–Kier alpha value is -3.85. The second-order valence-electron chi connectivity index (χ2n) is 6.67. The number of hydrogen-bond acceptors (Lipinski definition) is 5. The van der Waals surface area contributed by atoms with E-state index in [9.17, 15) is 14.0 Å². The van der Waals surface area contributed by atoms with Gasteiger partial charge in [0, 0.05) is 28.0 Å². The molecule has 7 nitrogen and oxygen atoms in total. The van der Waals surface area contributed by atoms with Crippen LogP contribution in [0.4, 0.5) is 9.52 Å². The molecule has 148 valence electrons. The van der Waals surface area contributed by atoms with Crippen molar-refractivity contribution in [1.82, 2.24) is 19.5 Å². The van der Waals surface area contributed by atoms with Gasteiger partial charge in [-0.1, -0.05) is 18.2 Å². The van der Waals surface area contributed by atoms with Crippen LogP contribution in [0.25, 0.3) is 33.1 Å². The molecule has 0 aliphatic rings. The van der Waals surface area contributed by atoms with E-state index in [4.69, 9.17) is 0 Å². The molecule has 0 fully saturated rings. The van der Waals surface area contributed by atoms with E-state index in [0.717, 1.165) is 32.8 Å². The third-order valence-electron chi connectivity index (χ3n) is 4.72. The van der Waals surface area contributed by atoms with Gasteiger partial charge in [-0.05, 0) is 24.3 Å². The molecule has 0 saturated heterocycles. The van der Waals surface area contributed by atoms with E-state index < -0.39 is 17.3 Å². The Labute approximate surface area is 172 Å². The number of para-hydroxylation sites is 1. The molecule has 0 bridgehead atoms. The standard InChI is InChI=1S/C21H14FN5O2S/c22-12-5-6-17-14(7-12)20(29)27(11-24-17)9-19(28)26-21-25-18(10-30-21)15-8-23-16-4-2-1-3-13(15)16/h1-8,10-11,23H,9H2,(H,25,26,28). The van der Waals surface area contributed by atoms with E-state index >= 15 is 0 Å². The maximum absolute atomic E-state index is 13.5. The van der Waals surface area contributed by atoms with Crippen LogP contribution in [0.5, 0.6) is 0 Å². The van der Waals surface area contributed by atoms with E-state index in [1.54, 1.807) is 0 Å². The van der Waals surface area contributed by atoms with Crippen molar-refractivity contribution in [3.63, 3.8) is 0 Å². The van der Waals surface area contributed by atoms with Gasteiger partial charge in [0.05, 0.1) is 22.9 Å². The SMILES string of the molecule is O=C(Cn1cnc2ccc(F)cc2c1=O)Nc1nc(-c2c[nH]c3ccccc23)cs1. The number of hydrogen-bond donors (Lipinski definition) is 2. The maximum atomic E-state index is 13.5. The summed E-state index contributed by atoms with van der Waals surface area (Å²) in [4.78, 5) is 36.7. The molecule has 0 radical (unpaired) electrons. The summed E-state index contributed by atoms with van der Waals surface area (Å²) in [5.41, 5.74) is 2.59. The van der Waals surface area contributed by atoms with E-state index in [1.165, 1.54) is 29.8 Å². The Balaban J connectivity index is 1.36. The summed E-state index contributed by atoms with van der Waals surface area (Å²) in [7, 11) is 0. The van der Waals surface area contributed by atoms with Crippen molar-refractivity contribution in [2.75, 3.05) is 5.32 Å². The predicted molar refractivity (Wildman–Crippen MR) is 114 cm³/mol. The van der Waals surface area contributed by atoms with E-state index in [1.807, 2.05) is 35.8 Å². The van der Waals surface area contributed by atoms with Crippen LogP contribution >= 0.6 is 11.3 Å². The molecule has 0 atom stereocenters. The summed E-state index contributed by atoms with van der Waals surface area (Å²) < 4.78 is 14.6. The fourth-order valence-corrected chi connectivity index (χ4v) is 4.02. The quantitative estimate of drug-likeness (QED) is 0.464. The number of rotatable bonds is 4. The molecule has 0 saturated carbocycles. The molecule has 3 heterocycles. The molecule has 2 N–H and O–H groups in total. The zero-order valence-electron chi connectivity index (χ0n) is 15.4. The largest absolute Gasteiger partial charge is 0.360 e. The van der Waals surface area contributed by atoms with Crippen molar-refractivity contribution in [2.24, 2.45) is 0 Å². The third-order valence-corrected chi connectivity index (χ3v) is 5.47. The van der Waals surface area contributed by atoms with Crippen molar-refractivity contribution in [2.45, 2.75) is 6.54 Å². The topological polar surface area (TPSA) is 92.7 Å². The van der Waals surface area contributed by atoms with Crippen LogP contribution in [0.3, 0.4) is 0 Å². The lowest BCUT2D eigenvalue weighted by molar-refractivity contribution is -0.116. The molecule has 30 heavy (non-hydrogen) atoms. The van der Waals surface area contributed by atoms with Crippen molar-refractivity contribution >= 4 is 44.2 Å². The number of anilines is 1. The number of aromatic amines is 1. The minimum absolute atomic E-state index is 0.126. The van der Waals surface area contributed by atoms with Crippen LogP contribution in [-0.4, -0.2) is 25.4 Å². The Morgan fingerprint density at radius 3 is 2.97 bits per heavy atom. The van der Waals surface area contributed by atoms with Crippen LogP contribution in [0.1, 0.15) is 0 Å². The first-order valence-electron chi connectivity index (χ1n) is 9.05. The first-order chi connectivity index (χ1) is 14.6. The highest BCUT2D eigenvalue weighted by Crippen LogP contribution is 2.30. The number of aromatic nitrogens is 4. The maximum Gasteiger partial charge on any atom is 0.261 e. The van der Waals surface area contributed by atoms with Crippen molar-refractivity contribution in [3.05, 3.63) is 76.5 Å². The Morgan fingerprint density at radius 1 is 1.20 bits per heavy atom. The van der Waals surface area contributed by atoms with Gasteiger partial charge in [0.15, 0.2) is 5.13 Å². The lowest BCUT2D eigenvalue weighted by Gasteiger charge is -2.06. The first kappa shape index (κ1) is 18.2. The summed E-state index contributed by atoms with van der Waals surface area (Å²) in [5, 5.41) is 6.16. The molecular formula is C21H14FN5O2S. The molecule has 5 aromatic rings. The van der Waals surface area contributed by atoms with Gasteiger partial charge < -0.3 is 10.3 Å². The number of benzene rings is 2. The van der Waals surface area contributed by atoms with Crippen molar-refractivity contribution < 1.29 is 9.18 Å². The molecule has 5 rings (SSSR count). The van der Waals surface area contributed by atoms with Gasteiger partial charge in [-0.2, -0.15) is 0 Å². The van der Waals surface area contributed by atoms with Crippen LogP contribution < -0.4 is 10.9 Å². The summed E-state index contributed by atoms with van der Waals surface area (Å²) in [6.07, 6.45) is 3.16. The number of H-pyrrole nitrogens is 1. The molecule has 0 aliphatic heterocycles. The highest BCUT2D eigenvalue weighted by atomic mass is 32.1. The monoisotopic (exact) mass is 419 g/mol. The fraction of sp³-hybridized carbons (Fsp3) is 0.0476. The van der Waals surface area contributed by atoms with Crippen LogP contribution in [0.2, 0.25) is 0 Å². The van der Waals surface area contributed by atoms with Gasteiger partial charge >= 0.3 is 0 Å². The number of nitrogens with one attached hydrogen (secondary N) is 2. The van der Waals surface area contributed by atoms with Gasteiger partial charge in [-0.15, -0.1) is 11.3 Å². The number of nitrogens with zero attached hydrogens (tertiary/aromatic N) is 3. The lowest BCUT2D eigenvalue weighted by atomic mass is 10.1. The Morgan fingerprint density at radius 2 is 2.07 bits per heavy atom.